The highest BCUT2D eigenvalue weighted by Crippen LogP contribution is 2.26. The molecule has 0 aromatic heterocycles. The summed E-state index contributed by atoms with van der Waals surface area (Å²) < 4.78 is 10.7. The van der Waals surface area contributed by atoms with Gasteiger partial charge in [0.25, 0.3) is 0 Å². The molecule has 0 fully saturated rings. The summed E-state index contributed by atoms with van der Waals surface area (Å²) in [6.07, 6.45) is 0. The van der Waals surface area contributed by atoms with Crippen molar-refractivity contribution in [2.24, 2.45) is 5.73 Å². The minimum Gasteiger partial charge on any atom is -0.497 e. The van der Waals surface area contributed by atoms with Crippen molar-refractivity contribution in [2.75, 3.05) is 38.3 Å². The summed E-state index contributed by atoms with van der Waals surface area (Å²) in [5.74, 6) is 0.796. The maximum atomic E-state index is 5.79. The second-order valence-electron chi connectivity index (χ2n) is 4.02. The van der Waals surface area contributed by atoms with Crippen LogP contribution in [0.25, 0.3) is 0 Å². The van der Waals surface area contributed by atoms with Gasteiger partial charge < -0.3 is 20.1 Å². The molecule has 0 aliphatic rings. The van der Waals surface area contributed by atoms with Crippen LogP contribution in [0.1, 0.15) is 19.4 Å². The molecule has 0 heterocycles. The van der Waals surface area contributed by atoms with Crippen molar-refractivity contribution in [3.05, 3.63) is 23.8 Å². The number of thiocarbonyl (C=S) groups is 1. The first kappa shape index (κ1) is 15.7. The van der Waals surface area contributed by atoms with Gasteiger partial charge in [0.1, 0.15) is 10.7 Å². The summed E-state index contributed by atoms with van der Waals surface area (Å²) in [5, 5.41) is 0. The third-order valence-electron chi connectivity index (χ3n) is 2.90. The van der Waals surface area contributed by atoms with Crippen molar-refractivity contribution in [1.82, 2.24) is 0 Å². The second kappa shape index (κ2) is 7.96. The molecule has 0 aliphatic heterocycles. The standard InChI is InChI=1S/C14H22N2O2S/c1-4-16(8-9-18-5-2)13-10-11(17-3)6-7-12(13)14(15)19/h6-7,10H,4-5,8-9H2,1-3H3,(H2,15,19). The highest BCUT2D eigenvalue weighted by atomic mass is 32.1. The molecule has 4 nitrogen and oxygen atoms in total. The lowest BCUT2D eigenvalue weighted by atomic mass is 10.1. The van der Waals surface area contributed by atoms with Crippen LogP contribution in [0.5, 0.6) is 5.75 Å². The zero-order valence-electron chi connectivity index (χ0n) is 11.8. The van der Waals surface area contributed by atoms with Gasteiger partial charge in [-0.25, -0.2) is 0 Å². The average Bonchev–Trinajstić information content (AvgIpc) is 2.43. The van der Waals surface area contributed by atoms with Gasteiger partial charge in [0.2, 0.25) is 0 Å². The minimum absolute atomic E-state index is 0.396. The molecule has 0 atom stereocenters. The molecule has 0 saturated heterocycles. The van der Waals surface area contributed by atoms with Crippen LogP contribution in [-0.4, -0.2) is 38.4 Å². The minimum atomic E-state index is 0.396. The molecular formula is C14H22N2O2S. The number of anilines is 1. The molecule has 2 N–H and O–H groups in total. The number of hydrogen-bond donors (Lipinski definition) is 1. The first-order valence-corrected chi connectivity index (χ1v) is 6.85. The Kier molecular flexibility index (Phi) is 6.59. The molecule has 1 aromatic carbocycles. The van der Waals surface area contributed by atoms with Crippen LogP contribution >= 0.6 is 12.2 Å². The van der Waals surface area contributed by atoms with Crippen molar-refractivity contribution in [1.29, 1.82) is 0 Å². The third kappa shape index (κ3) is 4.36. The van der Waals surface area contributed by atoms with E-state index in [0.717, 1.165) is 36.7 Å². The molecule has 0 amide bonds. The fourth-order valence-electron chi connectivity index (χ4n) is 1.88. The molecule has 0 spiro atoms. The van der Waals surface area contributed by atoms with Gasteiger partial charge in [-0.1, -0.05) is 12.2 Å². The summed E-state index contributed by atoms with van der Waals surface area (Å²) in [6.45, 7) is 7.14. The lowest BCUT2D eigenvalue weighted by molar-refractivity contribution is 0.154. The van der Waals surface area contributed by atoms with E-state index < -0.39 is 0 Å². The zero-order valence-corrected chi connectivity index (χ0v) is 12.6. The maximum absolute atomic E-state index is 5.79. The number of rotatable bonds is 8. The number of likely N-dealkylation sites (N-methyl/N-ethyl adjacent to an activating group) is 1. The van der Waals surface area contributed by atoms with Crippen LogP contribution in [0.4, 0.5) is 5.69 Å². The first-order chi connectivity index (χ1) is 9.13. The van der Waals surface area contributed by atoms with E-state index in [1.165, 1.54) is 0 Å². The average molecular weight is 282 g/mol. The van der Waals surface area contributed by atoms with Gasteiger partial charge in [-0.05, 0) is 26.0 Å². The third-order valence-corrected chi connectivity index (χ3v) is 3.12. The van der Waals surface area contributed by atoms with Gasteiger partial charge in [0.15, 0.2) is 0 Å². The SMILES string of the molecule is CCOCCN(CC)c1cc(OC)ccc1C(N)=S. The van der Waals surface area contributed by atoms with Gasteiger partial charge in [0.05, 0.1) is 19.4 Å². The Morgan fingerprint density at radius 3 is 2.63 bits per heavy atom. The van der Waals surface area contributed by atoms with Gasteiger partial charge in [-0.2, -0.15) is 0 Å². The lowest BCUT2D eigenvalue weighted by Crippen LogP contribution is -2.29. The summed E-state index contributed by atoms with van der Waals surface area (Å²) in [6, 6.07) is 5.73. The molecule has 0 aliphatic carbocycles. The molecular weight excluding hydrogens is 260 g/mol. The van der Waals surface area contributed by atoms with Crippen LogP contribution in [0, 0.1) is 0 Å². The summed E-state index contributed by atoms with van der Waals surface area (Å²) in [7, 11) is 1.65. The molecule has 0 bridgehead atoms. The summed E-state index contributed by atoms with van der Waals surface area (Å²) in [5.41, 5.74) is 7.65. The van der Waals surface area contributed by atoms with E-state index in [1.54, 1.807) is 7.11 Å². The molecule has 0 saturated carbocycles. The van der Waals surface area contributed by atoms with Gasteiger partial charge in [-0.15, -0.1) is 0 Å². The molecule has 106 valence electrons. The topological polar surface area (TPSA) is 47.7 Å². The zero-order chi connectivity index (χ0) is 14.3. The fraction of sp³-hybridized carbons (Fsp3) is 0.500. The lowest BCUT2D eigenvalue weighted by Gasteiger charge is -2.25. The summed E-state index contributed by atoms with van der Waals surface area (Å²) >= 11 is 5.11. The van der Waals surface area contributed by atoms with Crippen LogP contribution in [0.2, 0.25) is 0 Å². The molecule has 19 heavy (non-hydrogen) atoms. The van der Waals surface area contributed by atoms with E-state index in [-0.39, 0.29) is 0 Å². The van der Waals surface area contributed by atoms with E-state index in [2.05, 4.69) is 11.8 Å². The summed E-state index contributed by atoms with van der Waals surface area (Å²) in [4.78, 5) is 2.58. The van der Waals surface area contributed by atoms with E-state index in [0.29, 0.717) is 11.6 Å². The highest BCUT2D eigenvalue weighted by Gasteiger charge is 2.13. The van der Waals surface area contributed by atoms with Crippen molar-refractivity contribution >= 4 is 22.9 Å². The monoisotopic (exact) mass is 282 g/mol. The Labute approximate surface area is 120 Å². The number of methoxy groups -OCH3 is 1. The van der Waals surface area contributed by atoms with Crippen molar-refractivity contribution in [2.45, 2.75) is 13.8 Å². The first-order valence-electron chi connectivity index (χ1n) is 6.44. The predicted octanol–water partition coefficient (Wildman–Crippen LogP) is 2.19. The van der Waals surface area contributed by atoms with Gasteiger partial charge in [0, 0.05) is 31.3 Å². The Morgan fingerprint density at radius 2 is 2.11 bits per heavy atom. The molecule has 1 rings (SSSR count). The van der Waals surface area contributed by atoms with Crippen LogP contribution < -0.4 is 15.4 Å². The Bertz CT molecular complexity index is 424. The largest absolute Gasteiger partial charge is 0.497 e. The fourth-order valence-corrected chi connectivity index (χ4v) is 2.05. The van der Waals surface area contributed by atoms with Crippen molar-refractivity contribution < 1.29 is 9.47 Å². The smallest absolute Gasteiger partial charge is 0.120 e. The Morgan fingerprint density at radius 1 is 1.37 bits per heavy atom. The second-order valence-corrected chi connectivity index (χ2v) is 4.46. The molecule has 5 heteroatoms. The molecule has 0 radical (unpaired) electrons. The number of ether oxygens (including phenoxy) is 2. The Hall–Kier alpha value is -1.33. The predicted molar refractivity (Wildman–Crippen MR) is 83.3 cm³/mol. The van der Waals surface area contributed by atoms with Crippen molar-refractivity contribution in [3.8, 4) is 5.75 Å². The van der Waals surface area contributed by atoms with Crippen LogP contribution in [0.15, 0.2) is 18.2 Å². The van der Waals surface area contributed by atoms with E-state index in [4.69, 9.17) is 27.4 Å². The van der Waals surface area contributed by atoms with Gasteiger partial charge in [-0.3, -0.25) is 0 Å². The van der Waals surface area contributed by atoms with Crippen LogP contribution in [0.3, 0.4) is 0 Å². The van der Waals surface area contributed by atoms with Crippen LogP contribution in [-0.2, 0) is 4.74 Å². The normalized spacial score (nSPS) is 10.3. The highest BCUT2D eigenvalue weighted by molar-refractivity contribution is 7.80. The van der Waals surface area contributed by atoms with E-state index >= 15 is 0 Å². The number of benzene rings is 1. The maximum Gasteiger partial charge on any atom is 0.120 e. The van der Waals surface area contributed by atoms with Crippen molar-refractivity contribution in [3.63, 3.8) is 0 Å². The Balaban J connectivity index is 3.01. The molecule has 1 aromatic rings. The molecule has 0 unspecified atom stereocenters. The number of nitrogens with zero attached hydrogens (tertiary/aromatic N) is 1. The van der Waals surface area contributed by atoms with E-state index in [9.17, 15) is 0 Å². The van der Waals surface area contributed by atoms with E-state index in [1.807, 2.05) is 25.1 Å². The number of nitrogens with two attached hydrogens (primary N) is 1. The van der Waals surface area contributed by atoms with Gasteiger partial charge >= 0.3 is 0 Å². The number of hydrogen-bond acceptors (Lipinski definition) is 4. The quantitative estimate of drug-likeness (QED) is 0.585.